The first-order chi connectivity index (χ1) is 8.49. The Morgan fingerprint density at radius 3 is 2.94 bits per heavy atom. The van der Waals surface area contributed by atoms with Gasteiger partial charge in [-0.15, -0.1) is 0 Å². The maximum absolute atomic E-state index is 12.1. The summed E-state index contributed by atoms with van der Waals surface area (Å²) in [6.07, 6.45) is 2.08. The Morgan fingerprint density at radius 2 is 2.28 bits per heavy atom. The van der Waals surface area contributed by atoms with Crippen LogP contribution >= 0.6 is 27.5 Å². The van der Waals surface area contributed by atoms with E-state index in [9.17, 15) is 8.42 Å². The molecule has 1 fully saturated rings. The molecule has 1 aromatic carbocycles. The van der Waals surface area contributed by atoms with E-state index < -0.39 is 10.0 Å². The van der Waals surface area contributed by atoms with Gasteiger partial charge >= 0.3 is 0 Å². The highest BCUT2D eigenvalue weighted by Crippen LogP contribution is 2.25. The van der Waals surface area contributed by atoms with Gasteiger partial charge in [-0.1, -0.05) is 27.5 Å². The van der Waals surface area contributed by atoms with E-state index in [1.165, 1.54) is 6.07 Å². The number of rotatable bonds is 4. The summed E-state index contributed by atoms with van der Waals surface area (Å²) in [5.74, 6) is 0. The van der Waals surface area contributed by atoms with Crippen LogP contribution in [0.25, 0.3) is 0 Å². The molecule has 4 nitrogen and oxygen atoms in total. The van der Waals surface area contributed by atoms with Crippen molar-refractivity contribution in [2.45, 2.75) is 23.8 Å². The molecule has 100 valence electrons. The zero-order valence-corrected chi connectivity index (χ0v) is 12.8. The van der Waals surface area contributed by atoms with E-state index in [2.05, 4.69) is 26.0 Å². The highest BCUT2D eigenvalue weighted by atomic mass is 79.9. The van der Waals surface area contributed by atoms with Gasteiger partial charge in [0, 0.05) is 17.1 Å². The third-order valence-electron chi connectivity index (χ3n) is 2.86. The lowest BCUT2D eigenvalue weighted by atomic mass is 10.2. The number of nitrogens with one attached hydrogen (secondary N) is 2. The molecule has 2 N–H and O–H groups in total. The first kappa shape index (κ1) is 14.3. The molecule has 1 heterocycles. The van der Waals surface area contributed by atoms with Gasteiger partial charge in [-0.05, 0) is 37.6 Å². The lowest BCUT2D eigenvalue weighted by Gasteiger charge is -2.13. The number of hydrogen-bond donors (Lipinski definition) is 2. The molecule has 0 spiro atoms. The predicted octanol–water partition coefficient (Wildman–Crippen LogP) is 2.13. The Kier molecular flexibility index (Phi) is 4.66. The van der Waals surface area contributed by atoms with Crippen LogP contribution in [-0.2, 0) is 10.0 Å². The fourth-order valence-corrected chi connectivity index (χ4v) is 4.02. The van der Waals surface area contributed by atoms with Crippen molar-refractivity contribution in [2.75, 3.05) is 13.1 Å². The fourth-order valence-electron chi connectivity index (χ4n) is 1.90. The van der Waals surface area contributed by atoms with Crippen LogP contribution in [0.3, 0.4) is 0 Å². The van der Waals surface area contributed by atoms with Gasteiger partial charge in [0.2, 0.25) is 10.0 Å². The molecule has 0 radical (unpaired) electrons. The maximum atomic E-state index is 12.1. The summed E-state index contributed by atoms with van der Waals surface area (Å²) in [5, 5.41) is 3.46. The van der Waals surface area contributed by atoms with Crippen LogP contribution in [0.1, 0.15) is 12.8 Å². The van der Waals surface area contributed by atoms with E-state index in [0.717, 1.165) is 19.4 Å². The van der Waals surface area contributed by atoms with E-state index >= 15 is 0 Å². The Morgan fingerprint density at radius 1 is 1.50 bits per heavy atom. The molecule has 1 aliphatic heterocycles. The Balaban J connectivity index is 2.12. The van der Waals surface area contributed by atoms with Crippen molar-refractivity contribution in [1.82, 2.24) is 10.0 Å². The third kappa shape index (κ3) is 3.45. The summed E-state index contributed by atoms with van der Waals surface area (Å²) in [7, 11) is -3.55. The molecule has 18 heavy (non-hydrogen) atoms. The molecule has 0 amide bonds. The molecule has 7 heteroatoms. The average molecular weight is 354 g/mol. The van der Waals surface area contributed by atoms with Crippen LogP contribution in [-0.4, -0.2) is 27.5 Å². The molecule has 1 saturated heterocycles. The molecular weight excluding hydrogens is 340 g/mol. The SMILES string of the molecule is O=S(=O)(NCC1CCCN1)c1cc(Br)ccc1Cl. The molecule has 1 atom stereocenters. The quantitative estimate of drug-likeness (QED) is 0.872. The van der Waals surface area contributed by atoms with Crippen molar-refractivity contribution in [3.8, 4) is 0 Å². The van der Waals surface area contributed by atoms with Crippen molar-refractivity contribution in [3.05, 3.63) is 27.7 Å². The van der Waals surface area contributed by atoms with E-state index in [0.29, 0.717) is 11.0 Å². The zero-order chi connectivity index (χ0) is 13.2. The first-order valence-corrected chi connectivity index (χ1v) is 8.32. The topological polar surface area (TPSA) is 58.2 Å². The minimum Gasteiger partial charge on any atom is -0.313 e. The number of halogens is 2. The molecule has 0 aliphatic carbocycles. The minimum absolute atomic E-state index is 0.108. The van der Waals surface area contributed by atoms with Crippen LogP contribution in [0.4, 0.5) is 0 Å². The van der Waals surface area contributed by atoms with Gasteiger partial charge in [0.25, 0.3) is 0 Å². The van der Waals surface area contributed by atoms with Crippen molar-refractivity contribution >= 4 is 37.6 Å². The number of sulfonamides is 1. The molecule has 0 bridgehead atoms. The summed E-state index contributed by atoms with van der Waals surface area (Å²) in [5.41, 5.74) is 0. The second-order valence-corrected chi connectivity index (χ2v) is 7.28. The normalized spacial score (nSPS) is 20.2. The second kappa shape index (κ2) is 5.88. The fraction of sp³-hybridized carbons (Fsp3) is 0.455. The van der Waals surface area contributed by atoms with Crippen LogP contribution in [0.15, 0.2) is 27.6 Å². The van der Waals surface area contributed by atoms with Gasteiger partial charge in [0.15, 0.2) is 0 Å². The minimum atomic E-state index is -3.55. The summed E-state index contributed by atoms with van der Waals surface area (Å²) >= 11 is 9.16. The van der Waals surface area contributed by atoms with E-state index in [4.69, 9.17) is 11.6 Å². The van der Waals surface area contributed by atoms with Crippen molar-refractivity contribution in [3.63, 3.8) is 0 Å². The first-order valence-electron chi connectivity index (χ1n) is 5.67. The number of hydrogen-bond acceptors (Lipinski definition) is 3. The van der Waals surface area contributed by atoms with Crippen LogP contribution in [0.5, 0.6) is 0 Å². The van der Waals surface area contributed by atoms with Gasteiger partial charge < -0.3 is 5.32 Å². The largest absolute Gasteiger partial charge is 0.313 e. The highest BCUT2D eigenvalue weighted by molar-refractivity contribution is 9.10. The zero-order valence-electron chi connectivity index (χ0n) is 9.62. The van der Waals surface area contributed by atoms with Gasteiger partial charge in [0.05, 0.1) is 5.02 Å². The predicted molar refractivity (Wildman–Crippen MR) is 75.4 cm³/mol. The monoisotopic (exact) mass is 352 g/mol. The maximum Gasteiger partial charge on any atom is 0.242 e. The summed E-state index contributed by atoms with van der Waals surface area (Å²) < 4.78 is 27.5. The average Bonchev–Trinajstić information content (AvgIpc) is 2.83. The molecule has 0 saturated carbocycles. The molecule has 0 aromatic heterocycles. The van der Waals surface area contributed by atoms with Gasteiger partial charge in [-0.25, -0.2) is 13.1 Å². The molecule has 1 unspecified atom stereocenters. The lowest BCUT2D eigenvalue weighted by molar-refractivity contribution is 0.552. The third-order valence-corrected chi connectivity index (χ3v) is 5.26. The number of benzene rings is 1. The molecule has 1 aromatic rings. The van der Waals surface area contributed by atoms with Crippen molar-refractivity contribution in [2.24, 2.45) is 0 Å². The van der Waals surface area contributed by atoms with Crippen LogP contribution < -0.4 is 10.0 Å². The van der Waals surface area contributed by atoms with Crippen LogP contribution in [0, 0.1) is 0 Å². The molecule has 1 aliphatic rings. The van der Waals surface area contributed by atoms with Crippen LogP contribution in [0.2, 0.25) is 5.02 Å². The standard InChI is InChI=1S/C11H14BrClN2O2S/c12-8-3-4-10(13)11(6-8)18(16,17)15-7-9-2-1-5-14-9/h3-4,6,9,14-15H,1-2,5,7H2. The van der Waals surface area contributed by atoms with E-state index in [1.54, 1.807) is 12.1 Å². The van der Waals surface area contributed by atoms with Gasteiger partial charge in [-0.3, -0.25) is 0 Å². The lowest BCUT2D eigenvalue weighted by Crippen LogP contribution is -2.37. The Labute approximate surface area is 120 Å². The molecule has 2 rings (SSSR count). The highest BCUT2D eigenvalue weighted by Gasteiger charge is 2.21. The Bertz CT molecular complexity index is 530. The van der Waals surface area contributed by atoms with Gasteiger partial charge in [0.1, 0.15) is 4.90 Å². The second-order valence-electron chi connectivity index (χ2n) is 4.22. The summed E-state index contributed by atoms with van der Waals surface area (Å²) in [6, 6.07) is 4.99. The molecular formula is C11H14BrClN2O2S. The van der Waals surface area contributed by atoms with Crippen molar-refractivity contribution < 1.29 is 8.42 Å². The van der Waals surface area contributed by atoms with Gasteiger partial charge in [-0.2, -0.15) is 0 Å². The van der Waals surface area contributed by atoms with E-state index in [-0.39, 0.29) is 16.0 Å². The Hall–Kier alpha value is -0.140. The van der Waals surface area contributed by atoms with Crippen molar-refractivity contribution in [1.29, 1.82) is 0 Å². The van der Waals surface area contributed by atoms with E-state index in [1.807, 2.05) is 0 Å². The smallest absolute Gasteiger partial charge is 0.242 e. The summed E-state index contributed by atoms with van der Waals surface area (Å²) in [6.45, 7) is 1.34. The summed E-state index contributed by atoms with van der Waals surface area (Å²) in [4.78, 5) is 0.108.